The van der Waals surface area contributed by atoms with Gasteiger partial charge in [0.2, 0.25) is 0 Å². The van der Waals surface area contributed by atoms with Gasteiger partial charge in [0, 0.05) is 5.54 Å². The smallest absolute Gasteiger partial charge is 0.145 e. The zero-order chi connectivity index (χ0) is 19.8. The van der Waals surface area contributed by atoms with Crippen molar-refractivity contribution < 1.29 is 4.74 Å². The van der Waals surface area contributed by atoms with Gasteiger partial charge in [-0.25, -0.2) is 0 Å². The molecule has 1 aliphatic heterocycles. The number of likely N-dealkylation sites (N-methyl/N-ethyl adjacent to an activating group) is 1. The van der Waals surface area contributed by atoms with Gasteiger partial charge >= 0.3 is 0 Å². The maximum absolute atomic E-state index is 6.32. The molecule has 3 heteroatoms. The summed E-state index contributed by atoms with van der Waals surface area (Å²) in [5, 5.41) is 4.28. The van der Waals surface area contributed by atoms with Crippen LogP contribution in [0, 0.1) is 0 Å². The molecule has 0 amide bonds. The van der Waals surface area contributed by atoms with Gasteiger partial charge in [0.05, 0.1) is 6.61 Å². The maximum Gasteiger partial charge on any atom is 0.145 e. The largest absolute Gasteiger partial charge is 0.357 e. The molecule has 0 radical (unpaired) electrons. The van der Waals surface area contributed by atoms with E-state index in [2.05, 4.69) is 117 Å². The van der Waals surface area contributed by atoms with Crippen molar-refractivity contribution in [1.82, 2.24) is 4.90 Å². The third kappa shape index (κ3) is 3.14. The second-order valence-electron chi connectivity index (χ2n) is 8.53. The van der Waals surface area contributed by atoms with Gasteiger partial charge in [-0.2, -0.15) is 0 Å². The monoisotopic (exact) mass is 387 g/mol. The Hall–Kier alpha value is -2.20. The topological polar surface area (TPSA) is 12.5 Å². The molecule has 1 fully saturated rings. The quantitative estimate of drug-likeness (QED) is 0.502. The number of ether oxygens (including phenoxy) is 1. The Kier molecular flexibility index (Phi) is 5.00. The van der Waals surface area contributed by atoms with Crippen molar-refractivity contribution in [2.24, 2.45) is 0 Å². The van der Waals surface area contributed by atoms with Gasteiger partial charge in [0.25, 0.3) is 0 Å². The lowest BCUT2D eigenvalue weighted by atomic mass is 10.1. The van der Waals surface area contributed by atoms with Gasteiger partial charge in [0.1, 0.15) is 14.3 Å². The summed E-state index contributed by atoms with van der Waals surface area (Å²) < 4.78 is 6.32. The Balaban J connectivity index is 1.93. The van der Waals surface area contributed by atoms with Gasteiger partial charge in [-0.05, 0) is 42.0 Å². The van der Waals surface area contributed by atoms with E-state index in [-0.39, 0.29) is 11.8 Å². The lowest BCUT2D eigenvalue weighted by Gasteiger charge is -2.35. The van der Waals surface area contributed by atoms with Crippen molar-refractivity contribution in [3.05, 3.63) is 90.5 Å². The second-order valence-corrected chi connectivity index (χ2v) is 12.5. The van der Waals surface area contributed by atoms with Crippen molar-refractivity contribution >= 4 is 23.6 Å². The van der Waals surface area contributed by atoms with E-state index < -0.39 is 8.07 Å². The maximum atomic E-state index is 6.32. The van der Waals surface area contributed by atoms with Crippen LogP contribution in [0.15, 0.2) is 84.9 Å². The van der Waals surface area contributed by atoms with Crippen molar-refractivity contribution in [3.63, 3.8) is 0 Å². The van der Waals surface area contributed by atoms with Gasteiger partial charge in [-0.1, -0.05) is 91.5 Å². The van der Waals surface area contributed by atoms with Crippen LogP contribution < -0.4 is 15.6 Å². The zero-order valence-electron chi connectivity index (χ0n) is 17.2. The summed E-state index contributed by atoms with van der Waals surface area (Å²) in [4.78, 5) is 2.37. The first kappa shape index (κ1) is 19.1. The predicted molar refractivity (Wildman–Crippen MR) is 120 cm³/mol. The molecule has 1 unspecified atom stereocenters. The summed E-state index contributed by atoms with van der Waals surface area (Å²) >= 11 is 0. The molecule has 144 valence electrons. The highest BCUT2D eigenvalue weighted by molar-refractivity contribution is 7.10. The third-order valence-corrected chi connectivity index (χ3v) is 10.9. The summed E-state index contributed by atoms with van der Waals surface area (Å²) in [5.41, 5.74) is 1.34. The summed E-state index contributed by atoms with van der Waals surface area (Å²) in [5.74, 6) is 0. The summed E-state index contributed by atoms with van der Waals surface area (Å²) in [6, 6.07) is 30.9. The number of hydrogen-bond acceptors (Lipinski definition) is 2. The number of hydrogen-bond donors (Lipinski definition) is 0. The Morgan fingerprint density at radius 3 is 1.82 bits per heavy atom. The van der Waals surface area contributed by atoms with Gasteiger partial charge in [-0.3, -0.25) is 4.90 Å². The van der Waals surface area contributed by atoms with Gasteiger partial charge in [-0.15, -0.1) is 0 Å². The molecule has 3 aromatic rings. The first-order valence-electron chi connectivity index (χ1n) is 9.99. The minimum absolute atomic E-state index is 0.00884. The number of nitrogens with zero attached hydrogens (tertiary/aromatic N) is 1. The fraction of sp³-hybridized carbons (Fsp3) is 0.280. The molecule has 1 atom stereocenters. The minimum atomic E-state index is -2.17. The summed E-state index contributed by atoms with van der Waals surface area (Å²) in [7, 11) is 0.00651. The Morgan fingerprint density at radius 1 is 0.821 bits per heavy atom. The highest BCUT2D eigenvalue weighted by atomic mass is 28.3. The van der Waals surface area contributed by atoms with Crippen LogP contribution in [0.5, 0.6) is 0 Å². The summed E-state index contributed by atoms with van der Waals surface area (Å²) in [6.07, 6.45) is -0.00884. The van der Waals surface area contributed by atoms with Crippen LogP contribution in [0.25, 0.3) is 0 Å². The first-order valence-corrected chi connectivity index (χ1v) is 12.5. The van der Waals surface area contributed by atoms with Crippen LogP contribution in [0.4, 0.5) is 0 Å². The lowest BCUT2D eigenvalue weighted by molar-refractivity contribution is 0.0407. The van der Waals surface area contributed by atoms with Crippen LogP contribution in [-0.2, 0) is 4.74 Å². The van der Waals surface area contributed by atoms with E-state index in [9.17, 15) is 0 Å². The molecule has 0 aliphatic carbocycles. The van der Waals surface area contributed by atoms with E-state index in [1.165, 1.54) is 21.1 Å². The molecule has 0 N–H and O–H groups in total. The molecule has 1 saturated heterocycles. The van der Waals surface area contributed by atoms with Gasteiger partial charge in [0.15, 0.2) is 0 Å². The van der Waals surface area contributed by atoms with Crippen molar-refractivity contribution in [3.8, 4) is 0 Å². The van der Waals surface area contributed by atoms with Gasteiger partial charge < -0.3 is 4.74 Å². The highest BCUT2D eigenvalue weighted by Crippen LogP contribution is 2.35. The molecule has 0 aromatic heterocycles. The molecule has 1 heterocycles. The van der Waals surface area contributed by atoms with E-state index in [1.54, 1.807) is 0 Å². The van der Waals surface area contributed by atoms with Crippen LogP contribution in [0.2, 0.25) is 6.55 Å². The molecule has 1 aliphatic rings. The number of rotatable bonds is 4. The minimum Gasteiger partial charge on any atom is -0.357 e. The van der Waals surface area contributed by atoms with E-state index in [0.29, 0.717) is 0 Å². The number of benzene rings is 3. The fourth-order valence-electron chi connectivity index (χ4n) is 4.30. The van der Waals surface area contributed by atoms with E-state index in [4.69, 9.17) is 4.74 Å². The van der Waals surface area contributed by atoms with Crippen LogP contribution >= 0.6 is 0 Å². The van der Waals surface area contributed by atoms with Crippen LogP contribution in [-0.4, -0.2) is 32.2 Å². The second kappa shape index (κ2) is 7.32. The molecule has 4 rings (SSSR count). The zero-order valence-corrected chi connectivity index (χ0v) is 18.2. The third-order valence-electron chi connectivity index (χ3n) is 6.37. The van der Waals surface area contributed by atoms with E-state index in [0.717, 1.165) is 6.61 Å². The van der Waals surface area contributed by atoms with Crippen LogP contribution in [0.3, 0.4) is 0 Å². The average molecular weight is 388 g/mol. The molecule has 0 spiro atoms. The average Bonchev–Trinajstić information content (AvgIpc) is 3.01. The fourth-order valence-corrected chi connectivity index (χ4v) is 8.19. The van der Waals surface area contributed by atoms with Crippen LogP contribution in [0.1, 0.15) is 25.6 Å². The normalized spacial score (nSPS) is 19.6. The molecule has 0 bridgehead atoms. The predicted octanol–water partition coefficient (Wildman–Crippen LogP) is 3.53. The first-order chi connectivity index (χ1) is 13.4. The summed E-state index contributed by atoms with van der Waals surface area (Å²) in [6.45, 7) is 7.72. The van der Waals surface area contributed by atoms with E-state index in [1.807, 2.05) is 0 Å². The highest BCUT2D eigenvalue weighted by Gasteiger charge is 2.43. The molecule has 0 saturated carbocycles. The van der Waals surface area contributed by atoms with E-state index >= 15 is 0 Å². The molecule has 2 nitrogen and oxygen atoms in total. The molecule has 28 heavy (non-hydrogen) atoms. The Morgan fingerprint density at radius 2 is 1.32 bits per heavy atom. The molecular weight excluding hydrogens is 358 g/mol. The lowest BCUT2D eigenvalue weighted by Crippen LogP contribution is -2.66. The Labute approximate surface area is 169 Å². The molecular formula is C25H29NOSi. The SMILES string of the molecule is CN1C(c2ccccc2[Si](C)(c2ccccc2)c2ccccc2)OCC1(C)C. The van der Waals surface area contributed by atoms with Crippen molar-refractivity contribution in [1.29, 1.82) is 0 Å². The molecule has 3 aromatic carbocycles. The van der Waals surface area contributed by atoms with Crippen molar-refractivity contribution in [2.45, 2.75) is 32.2 Å². The standard InChI is InChI=1S/C25H29NOSi/c1-25(2)19-27-24(26(25)3)22-17-11-12-18-23(22)28(4,20-13-7-5-8-14-20)21-15-9-6-10-16-21/h5-18,24H,19H2,1-4H3. The van der Waals surface area contributed by atoms with Crippen molar-refractivity contribution in [2.75, 3.05) is 13.7 Å². The Bertz CT molecular complexity index is 900.